The topological polar surface area (TPSA) is 0 Å². The van der Waals surface area contributed by atoms with Gasteiger partial charge in [-0.25, -0.2) is 0 Å². The Morgan fingerprint density at radius 2 is 1.50 bits per heavy atom. The minimum absolute atomic E-state index is 0.589. The largest absolute Gasteiger partial charge is 0.416 e. The zero-order valence-electron chi connectivity index (χ0n) is 10.4. The molecule has 0 bridgehead atoms. The predicted octanol–water partition coefficient (Wildman–Crippen LogP) is 5.48. The molecular weight excluding hydrogens is 233 g/mol. The average molecular weight is 252 g/mol. The molecule has 0 aromatic heterocycles. The fourth-order valence-corrected chi connectivity index (χ4v) is 1.26. The normalized spacial score (nSPS) is 9.50. The van der Waals surface area contributed by atoms with Crippen LogP contribution in [0.4, 0.5) is 13.2 Å². The summed E-state index contributed by atoms with van der Waals surface area (Å²) in [5.74, 6) is 0. The molecule has 1 aromatic rings. The number of benzene rings is 1. The van der Waals surface area contributed by atoms with Crippen LogP contribution in [-0.2, 0) is 6.18 Å². The van der Waals surface area contributed by atoms with Crippen molar-refractivity contribution >= 4 is 11.8 Å². The van der Waals surface area contributed by atoms with Crippen molar-refractivity contribution in [2.24, 2.45) is 0 Å². The molecule has 0 nitrogen and oxygen atoms in total. The number of halogens is 3. The zero-order valence-corrected chi connectivity index (χ0v) is 11.2. The van der Waals surface area contributed by atoms with Crippen molar-refractivity contribution in [1.29, 1.82) is 0 Å². The van der Waals surface area contributed by atoms with Crippen LogP contribution in [0.1, 0.15) is 33.3 Å². The molecule has 0 aliphatic carbocycles. The van der Waals surface area contributed by atoms with E-state index in [0.29, 0.717) is 4.90 Å². The van der Waals surface area contributed by atoms with Crippen molar-refractivity contribution in [1.82, 2.24) is 0 Å². The maximum absolute atomic E-state index is 12.1. The fraction of sp³-hybridized carbons (Fsp3) is 0.500. The molecule has 0 fully saturated rings. The van der Waals surface area contributed by atoms with Gasteiger partial charge in [0.05, 0.1) is 5.56 Å². The monoisotopic (exact) mass is 252 g/mol. The van der Waals surface area contributed by atoms with E-state index in [-0.39, 0.29) is 0 Å². The van der Waals surface area contributed by atoms with E-state index in [9.17, 15) is 13.2 Å². The summed E-state index contributed by atoms with van der Waals surface area (Å²) in [4.78, 5) is 0.629. The summed E-state index contributed by atoms with van der Waals surface area (Å²) in [7, 11) is 0. The highest BCUT2D eigenvalue weighted by atomic mass is 32.2. The number of alkyl halides is 3. The second kappa shape index (κ2) is 9.58. The van der Waals surface area contributed by atoms with Gasteiger partial charge in [-0.2, -0.15) is 13.2 Å². The molecule has 4 heteroatoms. The molecule has 0 radical (unpaired) electrons. The van der Waals surface area contributed by atoms with Gasteiger partial charge in [0, 0.05) is 4.90 Å². The molecule has 1 aromatic carbocycles. The first-order chi connectivity index (χ1) is 7.54. The number of hydrogen-bond donors (Lipinski definition) is 0. The Labute approximate surface area is 100 Å². The summed E-state index contributed by atoms with van der Waals surface area (Å²) in [5, 5.41) is 0. The Morgan fingerprint density at radius 3 is 1.88 bits per heavy atom. The van der Waals surface area contributed by atoms with Crippen LogP contribution in [0.25, 0.3) is 0 Å². The van der Waals surface area contributed by atoms with Gasteiger partial charge in [0.25, 0.3) is 0 Å². The second-order valence-corrected chi connectivity index (χ2v) is 3.11. The molecule has 0 saturated heterocycles. The molecule has 16 heavy (non-hydrogen) atoms. The Kier molecular flexibility index (Phi) is 10.6. The molecule has 0 atom stereocenters. The van der Waals surface area contributed by atoms with Crippen molar-refractivity contribution in [3.63, 3.8) is 0 Å². The van der Waals surface area contributed by atoms with Crippen LogP contribution >= 0.6 is 11.8 Å². The Hall–Kier alpha value is -0.640. The molecular formula is C12H19F3S. The smallest absolute Gasteiger partial charge is 0.166 e. The van der Waals surface area contributed by atoms with E-state index in [0.717, 1.165) is 12.1 Å². The van der Waals surface area contributed by atoms with Gasteiger partial charge >= 0.3 is 6.18 Å². The van der Waals surface area contributed by atoms with E-state index in [2.05, 4.69) is 0 Å². The lowest BCUT2D eigenvalue weighted by Crippen LogP contribution is -2.04. The van der Waals surface area contributed by atoms with Crippen molar-refractivity contribution in [2.45, 2.75) is 38.8 Å². The van der Waals surface area contributed by atoms with Gasteiger partial charge in [0.2, 0.25) is 0 Å². The van der Waals surface area contributed by atoms with Crippen LogP contribution in [0.5, 0.6) is 0 Å². The summed E-state index contributed by atoms with van der Waals surface area (Å²) in [6.07, 6.45) is -2.48. The van der Waals surface area contributed by atoms with Crippen molar-refractivity contribution in [3.8, 4) is 0 Å². The molecule has 1 rings (SSSR count). The molecule has 0 spiro atoms. The van der Waals surface area contributed by atoms with E-state index >= 15 is 0 Å². The summed E-state index contributed by atoms with van der Waals surface area (Å²) in [5.41, 5.74) is -0.589. The van der Waals surface area contributed by atoms with Crippen molar-refractivity contribution in [2.75, 3.05) is 6.26 Å². The predicted molar refractivity (Wildman–Crippen MR) is 65.9 cm³/mol. The lowest BCUT2D eigenvalue weighted by Gasteiger charge is -2.06. The van der Waals surface area contributed by atoms with Crippen LogP contribution in [0.2, 0.25) is 0 Å². The summed E-state index contributed by atoms with van der Waals surface area (Å²) in [6, 6.07) is 5.28. The van der Waals surface area contributed by atoms with Gasteiger partial charge in [-0.05, 0) is 24.5 Å². The molecule has 0 aliphatic rings. The summed E-state index contributed by atoms with van der Waals surface area (Å²) < 4.78 is 36.3. The fourth-order valence-electron chi connectivity index (χ4n) is 0.799. The van der Waals surface area contributed by atoms with Crippen molar-refractivity contribution < 1.29 is 13.2 Å². The highest BCUT2D eigenvalue weighted by Gasteiger charge is 2.30. The van der Waals surface area contributed by atoms with Crippen molar-refractivity contribution in [3.05, 3.63) is 29.8 Å². The lowest BCUT2D eigenvalue weighted by atomic mass is 10.2. The standard InChI is InChI=1S/C8H7F3S.2C2H6/c1-12-7-4-2-3-6(5-7)8(9,10)11;2*1-2/h2-5H,1H3;2*1-2H3. The minimum Gasteiger partial charge on any atom is -0.166 e. The third-order valence-electron chi connectivity index (χ3n) is 1.40. The SMILES string of the molecule is CC.CC.CSc1cccc(C(F)(F)F)c1. The van der Waals surface area contributed by atoms with Gasteiger partial charge in [0.1, 0.15) is 0 Å². The first-order valence-corrected chi connectivity index (χ1v) is 6.48. The third-order valence-corrected chi connectivity index (χ3v) is 2.12. The quantitative estimate of drug-likeness (QED) is 0.596. The van der Waals surface area contributed by atoms with E-state index in [1.807, 2.05) is 27.7 Å². The highest BCUT2D eigenvalue weighted by Crippen LogP contribution is 2.31. The molecule has 0 aliphatic heterocycles. The third kappa shape index (κ3) is 6.77. The summed E-state index contributed by atoms with van der Waals surface area (Å²) >= 11 is 1.30. The van der Waals surface area contributed by atoms with Gasteiger partial charge < -0.3 is 0 Å². The number of thioether (sulfide) groups is 1. The highest BCUT2D eigenvalue weighted by molar-refractivity contribution is 7.98. The van der Waals surface area contributed by atoms with E-state index in [1.54, 1.807) is 12.3 Å². The van der Waals surface area contributed by atoms with Gasteiger partial charge in [0.15, 0.2) is 0 Å². The number of hydrogen-bond acceptors (Lipinski definition) is 1. The van der Waals surface area contributed by atoms with E-state index in [4.69, 9.17) is 0 Å². The first kappa shape index (κ1) is 17.7. The Bertz CT molecular complexity index is 269. The summed E-state index contributed by atoms with van der Waals surface area (Å²) in [6.45, 7) is 8.00. The average Bonchev–Trinajstić information content (AvgIpc) is 2.33. The molecule has 0 amide bonds. The van der Waals surface area contributed by atoms with Gasteiger partial charge in [-0.15, -0.1) is 11.8 Å². The van der Waals surface area contributed by atoms with Crippen LogP contribution in [0.3, 0.4) is 0 Å². The van der Waals surface area contributed by atoms with Crippen LogP contribution in [-0.4, -0.2) is 6.26 Å². The molecule has 0 unspecified atom stereocenters. The second-order valence-electron chi connectivity index (χ2n) is 2.23. The van der Waals surface area contributed by atoms with E-state index < -0.39 is 11.7 Å². The van der Waals surface area contributed by atoms with Gasteiger partial charge in [-0.1, -0.05) is 33.8 Å². The molecule has 0 N–H and O–H groups in total. The Morgan fingerprint density at radius 1 is 1.00 bits per heavy atom. The minimum atomic E-state index is -4.23. The van der Waals surface area contributed by atoms with Crippen LogP contribution in [0, 0.1) is 0 Å². The molecule has 0 saturated carbocycles. The van der Waals surface area contributed by atoms with E-state index in [1.165, 1.54) is 17.8 Å². The number of rotatable bonds is 1. The lowest BCUT2D eigenvalue weighted by molar-refractivity contribution is -0.137. The Balaban J connectivity index is 0. The molecule has 0 heterocycles. The van der Waals surface area contributed by atoms with Gasteiger partial charge in [-0.3, -0.25) is 0 Å². The molecule has 94 valence electrons. The maximum atomic E-state index is 12.1. The zero-order chi connectivity index (χ0) is 13.2. The first-order valence-electron chi connectivity index (χ1n) is 5.25. The van der Waals surface area contributed by atoms with Crippen LogP contribution in [0.15, 0.2) is 29.2 Å². The maximum Gasteiger partial charge on any atom is 0.416 e. The van der Waals surface area contributed by atoms with Crippen LogP contribution < -0.4 is 0 Å².